The third kappa shape index (κ3) is 3.55. The SMILES string of the molecule is CC1CC2=CC(=c3c(=O)c(=O)/c(=c4/cc5c6c(c4O)CC(C)C[N+]=6CC(C)C5)c3=O)C(O)=C3CC(C)CC(C1)N23. The van der Waals surface area contributed by atoms with Gasteiger partial charge in [0.2, 0.25) is 21.6 Å². The Morgan fingerprint density at radius 1 is 0.800 bits per heavy atom. The van der Waals surface area contributed by atoms with Gasteiger partial charge in [-0.05, 0) is 62.5 Å². The first-order valence-corrected chi connectivity index (χ1v) is 14.8. The summed E-state index contributed by atoms with van der Waals surface area (Å²) in [4.78, 5) is 43.3. The molecule has 5 unspecified atom stereocenters. The zero-order valence-corrected chi connectivity index (χ0v) is 23.7. The molecule has 2 aromatic carbocycles. The molecule has 2 saturated heterocycles. The van der Waals surface area contributed by atoms with E-state index in [4.69, 9.17) is 0 Å². The van der Waals surface area contributed by atoms with Crippen molar-refractivity contribution in [3.8, 4) is 5.75 Å². The first-order valence-electron chi connectivity index (χ1n) is 14.8. The second-order valence-corrected chi connectivity index (χ2v) is 13.5. The van der Waals surface area contributed by atoms with Gasteiger partial charge in [0.25, 0.3) is 0 Å². The largest absolute Gasteiger partial charge is 0.507 e. The molecule has 5 aliphatic heterocycles. The van der Waals surface area contributed by atoms with Crippen LogP contribution in [-0.4, -0.2) is 34.2 Å². The Kier molecular flexibility index (Phi) is 5.58. The molecule has 40 heavy (non-hydrogen) atoms. The summed E-state index contributed by atoms with van der Waals surface area (Å²) in [5.74, 6) is 1.37. The van der Waals surface area contributed by atoms with Crippen LogP contribution < -0.4 is 31.4 Å². The molecule has 0 spiro atoms. The van der Waals surface area contributed by atoms with Crippen LogP contribution in [0.1, 0.15) is 64.5 Å². The summed E-state index contributed by atoms with van der Waals surface area (Å²) in [5, 5.41) is 23.6. The van der Waals surface area contributed by atoms with Crippen LogP contribution in [0.15, 0.2) is 43.7 Å². The molecular formula is C33H37N2O5+. The van der Waals surface area contributed by atoms with Crippen molar-refractivity contribution >= 4 is 5.57 Å². The summed E-state index contributed by atoms with van der Waals surface area (Å²) >= 11 is 0. The first-order chi connectivity index (χ1) is 19.0. The number of phenolic OH excluding ortho intramolecular Hbond substituents is 1. The van der Waals surface area contributed by atoms with Crippen LogP contribution in [-0.2, 0) is 12.8 Å². The van der Waals surface area contributed by atoms with Gasteiger partial charge in [0.05, 0.1) is 21.7 Å². The molecule has 0 amide bonds. The van der Waals surface area contributed by atoms with Crippen LogP contribution in [0.25, 0.3) is 5.57 Å². The second kappa shape index (κ2) is 8.76. The van der Waals surface area contributed by atoms with Gasteiger partial charge in [0.1, 0.15) is 24.6 Å². The molecule has 2 aromatic rings. The number of hydrogen-bond donors (Lipinski definition) is 2. The van der Waals surface area contributed by atoms with E-state index in [9.17, 15) is 24.6 Å². The molecule has 208 valence electrons. The van der Waals surface area contributed by atoms with Crippen LogP contribution >= 0.6 is 0 Å². The first kappa shape index (κ1) is 25.5. The highest BCUT2D eigenvalue weighted by molar-refractivity contribution is 5.74. The molecule has 5 atom stereocenters. The zero-order valence-electron chi connectivity index (χ0n) is 23.7. The topological polar surface area (TPSA) is 97.9 Å². The van der Waals surface area contributed by atoms with Crippen LogP contribution in [0.5, 0.6) is 5.75 Å². The van der Waals surface area contributed by atoms with Crippen molar-refractivity contribution in [2.45, 2.75) is 72.3 Å². The van der Waals surface area contributed by atoms with Gasteiger partial charge in [0, 0.05) is 39.9 Å². The van der Waals surface area contributed by atoms with Crippen molar-refractivity contribution in [2.75, 3.05) is 13.1 Å². The van der Waals surface area contributed by atoms with Gasteiger partial charge in [0.15, 0.2) is 0 Å². The average molecular weight is 542 g/mol. The third-order valence-electron chi connectivity index (χ3n) is 9.86. The number of aromatic hydroxyl groups is 1. The molecule has 2 N–H and O–H groups in total. The Balaban J connectivity index is 1.59. The minimum atomic E-state index is -0.898. The van der Waals surface area contributed by atoms with Gasteiger partial charge in [-0.3, -0.25) is 14.4 Å². The predicted molar refractivity (Wildman–Crippen MR) is 153 cm³/mol. The maximum atomic E-state index is 14.0. The van der Waals surface area contributed by atoms with Crippen LogP contribution in [0.4, 0.5) is 0 Å². The number of nitrogens with zero attached hydrogens (tertiary/aromatic N) is 2. The molecular weight excluding hydrogens is 504 g/mol. The van der Waals surface area contributed by atoms with Crippen LogP contribution in [0, 0.1) is 34.1 Å². The molecule has 0 aliphatic carbocycles. The number of aliphatic hydroxyl groups excluding tert-OH is 1. The van der Waals surface area contributed by atoms with E-state index in [1.165, 1.54) is 0 Å². The Morgan fingerprint density at radius 2 is 1.45 bits per heavy atom. The number of piperidine rings is 2. The molecule has 0 saturated carbocycles. The van der Waals surface area contributed by atoms with E-state index in [0.717, 1.165) is 66.7 Å². The summed E-state index contributed by atoms with van der Waals surface area (Å²) in [7, 11) is 0. The van der Waals surface area contributed by atoms with E-state index in [0.29, 0.717) is 36.5 Å². The predicted octanol–water partition coefficient (Wildman–Crippen LogP) is 1.86. The van der Waals surface area contributed by atoms with Crippen LogP contribution in [0.2, 0.25) is 0 Å². The highest BCUT2D eigenvalue weighted by Crippen LogP contribution is 2.46. The lowest BCUT2D eigenvalue weighted by molar-refractivity contribution is 0.130. The standard InChI is InChI=1S/C33H36N2O5/c1-15-6-20-8-16(2)10-25-30(37)23(12-21(7-15)35(20)25)27-31(38)26(32(39)33(27)40)22-11-19-5-17(3)13-34-14-18(4)9-24(28(19)34)29(22)36/h11-12,15-18,20,37H,5-10,13-14H2,1-4H3/p+1/b26-22-,27-23?. The normalized spacial score (nSPS) is 31.6. The van der Waals surface area contributed by atoms with E-state index in [-0.39, 0.29) is 38.8 Å². The molecule has 0 radical (unpaired) electrons. The second-order valence-electron chi connectivity index (χ2n) is 13.5. The molecule has 7 rings (SSSR count). The van der Waals surface area contributed by atoms with Crippen molar-refractivity contribution < 1.29 is 10.2 Å². The number of allylic oxidation sites excluding steroid dienone is 3. The van der Waals surface area contributed by atoms with Crippen molar-refractivity contribution in [1.29, 1.82) is 0 Å². The van der Waals surface area contributed by atoms with Crippen molar-refractivity contribution in [3.05, 3.63) is 92.1 Å². The maximum Gasteiger partial charge on any atom is 0.238 e. The van der Waals surface area contributed by atoms with E-state index < -0.39 is 16.3 Å². The summed E-state index contributed by atoms with van der Waals surface area (Å²) < 4.78 is 2.31. The van der Waals surface area contributed by atoms with Gasteiger partial charge >= 0.3 is 0 Å². The van der Waals surface area contributed by atoms with Gasteiger partial charge < -0.3 is 15.1 Å². The van der Waals surface area contributed by atoms with Gasteiger partial charge in [-0.1, -0.05) is 27.7 Å². The Morgan fingerprint density at radius 3 is 2.17 bits per heavy atom. The van der Waals surface area contributed by atoms with Gasteiger partial charge in [-0.2, -0.15) is 0 Å². The Hall–Kier alpha value is -3.48. The smallest absolute Gasteiger partial charge is 0.238 e. The Bertz CT molecular complexity index is 1920. The number of benzene rings is 1. The van der Waals surface area contributed by atoms with Crippen LogP contribution in [0.3, 0.4) is 0 Å². The van der Waals surface area contributed by atoms with E-state index in [1.807, 2.05) is 0 Å². The van der Waals surface area contributed by atoms with E-state index in [1.54, 1.807) is 12.1 Å². The van der Waals surface area contributed by atoms with Crippen molar-refractivity contribution in [3.63, 3.8) is 0 Å². The number of phenols is 1. The van der Waals surface area contributed by atoms with Gasteiger partial charge in [-0.25, -0.2) is 4.58 Å². The lowest BCUT2D eigenvalue weighted by Gasteiger charge is -2.49. The third-order valence-corrected chi connectivity index (χ3v) is 9.86. The fourth-order valence-corrected chi connectivity index (χ4v) is 8.46. The van der Waals surface area contributed by atoms with Crippen molar-refractivity contribution in [1.82, 2.24) is 9.48 Å². The van der Waals surface area contributed by atoms with Crippen molar-refractivity contribution in [2.24, 2.45) is 23.7 Å². The summed E-state index contributed by atoms with van der Waals surface area (Å²) in [6.45, 7) is 10.5. The molecule has 7 heteroatoms. The molecule has 5 heterocycles. The Labute approximate surface area is 232 Å². The summed E-state index contributed by atoms with van der Waals surface area (Å²) in [6.07, 6.45) is 6.70. The quantitative estimate of drug-likeness (QED) is 0.390. The molecule has 0 aromatic heterocycles. The molecule has 0 bridgehead atoms. The summed E-state index contributed by atoms with van der Waals surface area (Å²) in [5.41, 5.74) is 1.19. The van der Waals surface area contributed by atoms with E-state index in [2.05, 4.69) is 37.2 Å². The summed E-state index contributed by atoms with van der Waals surface area (Å²) in [6, 6.07) is 2.05. The number of rotatable bonds is 0. The fourth-order valence-electron chi connectivity index (χ4n) is 8.46. The highest BCUT2D eigenvalue weighted by atomic mass is 16.3. The lowest BCUT2D eigenvalue weighted by atomic mass is 9.78. The monoisotopic (exact) mass is 541 g/mol. The lowest BCUT2D eigenvalue weighted by Crippen LogP contribution is -2.48. The zero-order chi connectivity index (χ0) is 28.2. The van der Waals surface area contributed by atoms with E-state index >= 15 is 0 Å². The number of hydrogen-bond acceptors (Lipinski definition) is 6. The minimum absolute atomic E-state index is 0.0661. The highest BCUT2D eigenvalue weighted by Gasteiger charge is 2.41. The minimum Gasteiger partial charge on any atom is -0.507 e. The molecule has 2 fully saturated rings. The molecule has 5 aliphatic rings. The van der Waals surface area contributed by atoms with Gasteiger partial charge in [-0.15, -0.1) is 0 Å². The number of aliphatic hydroxyl groups is 1. The fraction of sp³-hybridized carbons (Fsp3) is 0.515. The maximum absolute atomic E-state index is 14.0. The average Bonchev–Trinajstić information content (AvgIpc) is 3.09. The molecule has 7 nitrogen and oxygen atoms in total.